The van der Waals surface area contributed by atoms with Crippen LogP contribution < -0.4 is 0 Å². The summed E-state index contributed by atoms with van der Waals surface area (Å²) in [6.45, 7) is 1.46. The van der Waals surface area contributed by atoms with Crippen molar-refractivity contribution in [1.82, 2.24) is 0 Å². The molecule has 0 spiro atoms. The molecule has 0 saturated heterocycles. The van der Waals surface area contributed by atoms with Gasteiger partial charge in [-0.3, -0.25) is 0 Å². The molecule has 0 atom stereocenters. The van der Waals surface area contributed by atoms with Crippen LogP contribution in [0.2, 0.25) is 0 Å². The van der Waals surface area contributed by atoms with E-state index in [1.165, 1.54) is 6.92 Å². The number of allylic oxidation sites excluding steroid dienone is 1. The highest BCUT2D eigenvalue weighted by Crippen LogP contribution is 2.72. The fourth-order valence-corrected chi connectivity index (χ4v) is 6.99. The summed E-state index contributed by atoms with van der Waals surface area (Å²) < 4.78 is -23.2. The summed E-state index contributed by atoms with van der Waals surface area (Å²) in [5, 5.41) is 9.23. The number of alkyl halides is 17. The summed E-state index contributed by atoms with van der Waals surface area (Å²) in [5.74, 6) is -1.42. The van der Waals surface area contributed by atoms with Crippen LogP contribution >= 0.6 is 197 Å². The van der Waals surface area contributed by atoms with Gasteiger partial charge < -0.3 is 5.11 Å². The minimum absolute atomic E-state index is 0.0729. The van der Waals surface area contributed by atoms with E-state index in [9.17, 15) is 9.90 Å². The van der Waals surface area contributed by atoms with Crippen LogP contribution in [0.15, 0.2) is 11.6 Å². The molecule has 0 heterocycles. The number of carboxylic acids is 1. The molecule has 0 saturated carbocycles. The van der Waals surface area contributed by atoms with Crippen LogP contribution in [0.1, 0.15) is 13.3 Å². The van der Waals surface area contributed by atoms with Gasteiger partial charge in [-0.2, -0.15) is 0 Å². The highest BCUT2D eigenvalue weighted by atomic mass is 35.6. The van der Waals surface area contributed by atoms with Crippen molar-refractivity contribution >= 4 is 203 Å². The Bertz CT molecular complexity index is 746. The van der Waals surface area contributed by atoms with Crippen LogP contribution in [-0.2, 0) is 4.79 Å². The van der Waals surface area contributed by atoms with Crippen molar-refractivity contribution in [3.63, 3.8) is 0 Å². The van der Waals surface area contributed by atoms with Gasteiger partial charge >= 0.3 is 5.97 Å². The molecular formula is C13H7Cl17O2. The predicted octanol–water partition coefficient (Wildman–Crippen LogP) is 11.0. The number of carboxylic acid groups (broad SMARTS) is 1. The van der Waals surface area contributed by atoms with Crippen molar-refractivity contribution < 1.29 is 9.90 Å². The lowest BCUT2D eigenvalue weighted by Gasteiger charge is -2.54. The van der Waals surface area contributed by atoms with Gasteiger partial charge in [-0.15, -0.1) is 0 Å². The van der Waals surface area contributed by atoms with Gasteiger partial charge in [0.15, 0.2) is 26.0 Å². The maximum atomic E-state index is 11.3. The molecule has 190 valence electrons. The van der Waals surface area contributed by atoms with Gasteiger partial charge in [0.05, 0.1) is 0 Å². The van der Waals surface area contributed by atoms with Crippen molar-refractivity contribution in [2.45, 2.75) is 47.5 Å². The molecule has 0 aliphatic rings. The van der Waals surface area contributed by atoms with Crippen LogP contribution in [-0.4, -0.2) is 45.2 Å². The lowest BCUT2D eigenvalue weighted by Crippen LogP contribution is -2.70. The Morgan fingerprint density at radius 1 is 0.594 bits per heavy atom. The first-order chi connectivity index (χ1) is 13.6. The molecule has 19 heteroatoms. The van der Waals surface area contributed by atoms with Gasteiger partial charge in [-0.1, -0.05) is 204 Å². The summed E-state index contributed by atoms with van der Waals surface area (Å²) >= 11 is 104. The molecule has 32 heavy (non-hydrogen) atoms. The molecule has 0 radical (unpaired) electrons. The third-order valence-electron chi connectivity index (χ3n) is 3.76. The monoisotopic (exact) mass is 790 g/mol. The quantitative estimate of drug-likeness (QED) is 0.186. The molecule has 1 N–H and O–H groups in total. The Morgan fingerprint density at radius 2 is 0.875 bits per heavy atom. The van der Waals surface area contributed by atoms with Crippen LogP contribution in [0.25, 0.3) is 0 Å². The van der Waals surface area contributed by atoms with Crippen LogP contribution in [0.5, 0.6) is 0 Å². The van der Waals surface area contributed by atoms with E-state index in [0.29, 0.717) is 0 Å². The Balaban J connectivity index is 6.88. The second-order valence-corrected chi connectivity index (χ2v) is 17.5. The van der Waals surface area contributed by atoms with Crippen molar-refractivity contribution in [1.29, 1.82) is 0 Å². The summed E-state index contributed by atoms with van der Waals surface area (Å²) in [6.07, 6.45) is 0.659. The Kier molecular flexibility index (Phi) is 12.8. The Labute approximate surface area is 269 Å². The van der Waals surface area contributed by atoms with Gasteiger partial charge in [-0.05, 0) is 12.5 Å². The van der Waals surface area contributed by atoms with E-state index in [2.05, 4.69) is 0 Å². The molecule has 0 aromatic carbocycles. The summed E-state index contributed by atoms with van der Waals surface area (Å²) in [7, 11) is 0. The minimum Gasteiger partial charge on any atom is -0.478 e. The van der Waals surface area contributed by atoms with Crippen molar-refractivity contribution in [3.05, 3.63) is 11.6 Å². The highest BCUT2D eigenvalue weighted by Gasteiger charge is 2.80. The van der Waals surface area contributed by atoms with Crippen LogP contribution in [0.4, 0.5) is 0 Å². The summed E-state index contributed by atoms with van der Waals surface area (Å²) in [4.78, 5) is 11.3. The van der Waals surface area contributed by atoms with Gasteiger partial charge in [0.2, 0.25) is 8.13 Å². The van der Waals surface area contributed by atoms with Gasteiger partial charge in [0.25, 0.3) is 0 Å². The molecular weight excluding hydrogens is 791 g/mol. The normalized spacial score (nSPS) is 16.4. The number of rotatable bonds is 9. The van der Waals surface area contributed by atoms with Crippen molar-refractivity contribution in [2.24, 2.45) is 0 Å². The van der Waals surface area contributed by atoms with Crippen LogP contribution in [0.3, 0.4) is 0 Å². The third-order valence-corrected chi connectivity index (χ3v) is 15.1. The zero-order valence-electron chi connectivity index (χ0n) is 14.6. The van der Waals surface area contributed by atoms with Crippen molar-refractivity contribution in [3.8, 4) is 0 Å². The first-order valence-electron chi connectivity index (χ1n) is 7.28. The van der Waals surface area contributed by atoms with E-state index in [0.717, 1.165) is 6.08 Å². The molecule has 0 unspecified atom stereocenters. The number of hydrogen-bond donors (Lipinski definition) is 1. The van der Waals surface area contributed by atoms with Gasteiger partial charge in [0.1, 0.15) is 0 Å². The minimum atomic E-state index is -3.09. The third kappa shape index (κ3) is 6.14. The number of hydrogen-bond acceptors (Lipinski definition) is 1. The molecule has 2 nitrogen and oxygen atoms in total. The molecule has 0 fully saturated rings. The van der Waals surface area contributed by atoms with E-state index in [1.54, 1.807) is 0 Å². The number of aliphatic carboxylic acids is 1. The first-order valence-corrected chi connectivity index (χ1v) is 13.7. The maximum Gasteiger partial charge on any atom is 0.331 e. The fraction of sp³-hybridized carbons (Fsp3) is 0.769. The van der Waals surface area contributed by atoms with E-state index in [-0.39, 0.29) is 12.0 Å². The van der Waals surface area contributed by atoms with Crippen molar-refractivity contribution in [2.75, 3.05) is 0 Å². The van der Waals surface area contributed by atoms with Crippen LogP contribution in [0, 0.1) is 0 Å². The number of carbonyl (C=O) groups is 1. The predicted molar refractivity (Wildman–Crippen MR) is 147 cm³/mol. The zero-order valence-corrected chi connectivity index (χ0v) is 27.4. The largest absolute Gasteiger partial charge is 0.478 e. The molecule has 0 rings (SSSR count). The van der Waals surface area contributed by atoms with E-state index < -0.39 is 40.1 Å². The summed E-state index contributed by atoms with van der Waals surface area (Å²) in [6, 6.07) is 0. The smallest absolute Gasteiger partial charge is 0.331 e. The highest BCUT2D eigenvalue weighted by molar-refractivity contribution is 6.83. The summed E-state index contributed by atoms with van der Waals surface area (Å²) in [5.41, 5.74) is -0.344. The average molecular weight is 798 g/mol. The molecule has 0 aromatic rings. The topological polar surface area (TPSA) is 37.3 Å². The number of halogens is 17. The first kappa shape index (κ1) is 36.1. The second-order valence-electron chi connectivity index (χ2n) is 5.90. The lowest BCUT2D eigenvalue weighted by molar-refractivity contribution is -0.132. The zero-order chi connectivity index (χ0) is 26.6. The van der Waals surface area contributed by atoms with Gasteiger partial charge in [0, 0.05) is 5.57 Å². The molecule has 0 amide bonds. The second kappa shape index (κ2) is 11.3. The van der Waals surface area contributed by atoms with E-state index >= 15 is 0 Å². The van der Waals surface area contributed by atoms with Gasteiger partial charge in [-0.25, -0.2) is 4.79 Å². The Hall–Kier alpha value is 4.14. The van der Waals surface area contributed by atoms with E-state index in [4.69, 9.17) is 197 Å². The lowest BCUT2D eigenvalue weighted by atomic mass is 10.0. The molecule has 0 aliphatic carbocycles. The van der Waals surface area contributed by atoms with E-state index in [1.807, 2.05) is 0 Å². The SMILES string of the molecule is CCC(=CC(Cl)(Cl)C(Cl)(Cl)C(Cl)(Cl)C(Cl)(Cl)C(Cl)(Cl)C(Cl)(Cl)C(Cl)(Cl)C(Cl)(Cl)Cl)C(=O)O. The fourth-order valence-electron chi connectivity index (χ4n) is 1.80. The average Bonchev–Trinajstić information content (AvgIpc) is 2.57. The molecule has 0 aromatic heterocycles. The molecule has 0 aliphatic heterocycles. The molecule has 0 bridgehead atoms. The Morgan fingerprint density at radius 3 is 1.12 bits per heavy atom. The standard InChI is InChI=1S/C13H7Cl17O2/c1-2-4(5(31)32)3-6(14,15)7(16,17)8(18,19)9(20,21)10(22,23)11(24,25)12(26,27)13(28,29)30/h3H,2H2,1H3,(H,31,32). The maximum absolute atomic E-state index is 11.3.